The lowest BCUT2D eigenvalue weighted by Gasteiger charge is -2.34. The van der Waals surface area contributed by atoms with E-state index in [0.717, 1.165) is 25.2 Å². The highest BCUT2D eigenvalue weighted by Crippen LogP contribution is 2.26. The van der Waals surface area contributed by atoms with Gasteiger partial charge in [0.15, 0.2) is 0 Å². The summed E-state index contributed by atoms with van der Waals surface area (Å²) in [7, 11) is 0. The van der Waals surface area contributed by atoms with E-state index >= 15 is 0 Å². The molecule has 21 heavy (non-hydrogen) atoms. The number of nitrogens with one attached hydrogen (secondary N) is 1. The summed E-state index contributed by atoms with van der Waals surface area (Å²) in [5.74, 6) is 0.934. The molecule has 0 bridgehead atoms. The summed E-state index contributed by atoms with van der Waals surface area (Å²) < 4.78 is 5.50. The molecule has 1 fully saturated rings. The van der Waals surface area contributed by atoms with E-state index < -0.39 is 0 Å². The van der Waals surface area contributed by atoms with E-state index in [-0.39, 0.29) is 24.4 Å². The standard InChI is InChI=1S/C16H20N2O3/c1-2-13-16(20)17-10-15(19)18(13)7-5-11-3-4-14-12(9-11)6-8-21-14/h3-4,9,13H,2,5-8,10H2,1H3,(H,17,20). The maximum Gasteiger partial charge on any atom is 0.243 e. The number of amides is 2. The number of ether oxygens (including phenoxy) is 1. The lowest BCUT2D eigenvalue weighted by atomic mass is 10.0. The fraction of sp³-hybridized carbons (Fsp3) is 0.500. The number of carbonyl (C=O) groups excluding carboxylic acids is 2. The van der Waals surface area contributed by atoms with Gasteiger partial charge >= 0.3 is 0 Å². The fourth-order valence-electron chi connectivity index (χ4n) is 3.03. The van der Waals surface area contributed by atoms with Crippen molar-refractivity contribution in [1.29, 1.82) is 0 Å². The Morgan fingerprint density at radius 1 is 1.38 bits per heavy atom. The Kier molecular flexibility index (Phi) is 3.82. The van der Waals surface area contributed by atoms with Gasteiger partial charge in [0.2, 0.25) is 11.8 Å². The number of piperazine rings is 1. The van der Waals surface area contributed by atoms with E-state index in [1.165, 1.54) is 11.1 Å². The van der Waals surface area contributed by atoms with E-state index in [4.69, 9.17) is 4.74 Å². The SMILES string of the molecule is CCC1C(=O)NCC(=O)N1CCc1ccc2c(c1)CCO2. The number of hydrogen-bond acceptors (Lipinski definition) is 3. The molecular weight excluding hydrogens is 268 g/mol. The first-order valence-corrected chi connectivity index (χ1v) is 7.51. The van der Waals surface area contributed by atoms with Gasteiger partial charge in [-0.25, -0.2) is 0 Å². The summed E-state index contributed by atoms with van der Waals surface area (Å²) in [6.45, 7) is 3.39. The molecule has 1 N–H and O–H groups in total. The number of fused-ring (bicyclic) bond motifs is 1. The molecule has 2 aliphatic heterocycles. The highest BCUT2D eigenvalue weighted by molar-refractivity contribution is 5.94. The third kappa shape index (κ3) is 2.73. The second kappa shape index (κ2) is 5.76. The zero-order valence-electron chi connectivity index (χ0n) is 12.2. The van der Waals surface area contributed by atoms with Gasteiger partial charge in [-0.2, -0.15) is 0 Å². The molecule has 2 amide bonds. The number of benzene rings is 1. The molecule has 3 rings (SSSR count). The normalized spacial score (nSPS) is 21.0. The van der Waals surface area contributed by atoms with E-state index in [0.29, 0.717) is 13.0 Å². The van der Waals surface area contributed by atoms with Gasteiger partial charge in [-0.15, -0.1) is 0 Å². The Labute approximate surface area is 124 Å². The predicted octanol–water partition coefficient (Wildman–Crippen LogP) is 0.901. The highest BCUT2D eigenvalue weighted by Gasteiger charge is 2.32. The monoisotopic (exact) mass is 288 g/mol. The van der Waals surface area contributed by atoms with E-state index in [9.17, 15) is 9.59 Å². The first-order valence-electron chi connectivity index (χ1n) is 7.51. The minimum absolute atomic E-state index is 0.00550. The molecule has 1 atom stereocenters. The van der Waals surface area contributed by atoms with E-state index in [2.05, 4.69) is 11.4 Å². The molecule has 1 aromatic carbocycles. The molecule has 2 aliphatic rings. The molecule has 0 aromatic heterocycles. The van der Waals surface area contributed by atoms with Crippen LogP contribution in [0.3, 0.4) is 0 Å². The van der Waals surface area contributed by atoms with Gasteiger partial charge in [0.05, 0.1) is 13.2 Å². The van der Waals surface area contributed by atoms with Crippen LogP contribution in [-0.2, 0) is 22.4 Å². The second-order valence-electron chi connectivity index (χ2n) is 5.52. The van der Waals surface area contributed by atoms with Crippen molar-refractivity contribution in [3.8, 4) is 5.75 Å². The number of nitrogens with zero attached hydrogens (tertiary/aromatic N) is 1. The van der Waals surface area contributed by atoms with Crippen molar-refractivity contribution in [2.24, 2.45) is 0 Å². The Balaban J connectivity index is 1.68. The molecule has 5 nitrogen and oxygen atoms in total. The summed E-state index contributed by atoms with van der Waals surface area (Å²) >= 11 is 0. The Morgan fingerprint density at radius 2 is 2.24 bits per heavy atom. The van der Waals surface area contributed by atoms with Crippen molar-refractivity contribution in [2.45, 2.75) is 32.2 Å². The molecule has 0 spiro atoms. The van der Waals surface area contributed by atoms with Crippen LogP contribution in [0.5, 0.6) is 5.75 Å². The smallest absolute Gasteiger partial charge is 0.243 e. The lowest BCUT2D eigenvalue weighted by Crippen LogP contribution is -2.58. The Hall–Kier alpha value is -2.04. The number of rotatable bonds is 4. The van der Waals surface area contributed by atoms with Gasteiger partial charge in [0.1, 0.15) is 11.8 Å². The van der Waals surface area contributed by atoms with Gasteiger partial charge in [0, 0.05) is 13.0 Å². The summed E-state index contributed by atoms with van der Waals surface area (Å²) in [4.78, 5) is 25.5. The Morgan fingerprint density at radius 3 is 3.05 bits per heavy atom. The summed E-state index contributed by atoms with van der Waals surface area (Å²) in [6, 6.07) is 5.86. The molecular formula is C16H20N2O3. The minimum atomic E-state index is -0.330. The van der Waals surface area contributed by atoms with Crippen LogP contribution in [0.2, 0.25) is 0 Å². The minimum Gasteiger partial charge on any atom is -0.493 e. The molecule has 1 aromatic rings. The lowest BCUT2D eigenvalue weighted by molar-refractivity contribution is -0.145. The van der Waals surface area contributed by atoms with Crippen LogP contribution in [0.1, 0.15) is 24.5 Å². The molecule has 0 radical (unpaired) electrons. The van der Waals surface area contributed by atoms with Gasteiger partial charge in [0.25, 0.3) is 0 Å². The van der Waals surface area contributed by atoms with Crippen LogP contribution in [0.25, 0.3) is 0 Å². The first-order chi connectivity index (χ1) is 10.2. The van der Waals surface area contributed by atoms with Gasteiger partial charge in [-0.3, -0.25) is 9.59 Å². The quantitative estimate of drug-likeness (QED) is 0.895. The summed E-state index contributed by atoms with van der Waals surface area (Å²) in [5, 5.41) is 2.65. The van der Waals surface area contributed by atoms with Crippen molar-refractivity contribution in [1.82, 2.24) is 10.2 Å². The van der Waals surface area contributed by atoms with Crippen molar-refractivity contribution >= 4 is 11.8 Å². The maximum atomic E-state index is 12.0. The van der Waals surface area contributed by atoms with Crippen molar-refractivity contribution in [3.05, 3.63) is 29.3 Å². The maximum absolute atomic E-state index is 12.0. The molecule has 112 valence electrons. The summed E-state index contributed by atoms with van der Waals surface area (Å²) in [6.07, 6.45) is 2.37. The van der Waals surface area contributed by atoms with Crippen LogP contribution < -0.4 is 10.1 Å². The fourth-order valence-corrected chi connectivity index (χ4v) is 3.03. The highest BCUT2D eigenvalue weighted by atomic mass is 16.5. The predicted molar refractivity (Wildman–Crippen MR) is 78.1 cm³/mol. The number of hydrogen-bond donors (Lipinski definition) is 1. The molecule has 1 saturated heterocycles. The first kappa shape index (κ1) is 13.9. The zero-order valence-corrected chi connectivity index (χ0v) is 12.2. The Bertz CT molecular complexity index is 571. The zero-order chi connectivity index (χ0) is 14.8. The van der Waals surface area contributed by atoms with Crippen molar-refractivity contribution in [2.75, 3.05) is 19.7 Å². The molecule has 5 heteroatoms. The van der Waals surface area contributed by atoms with E-state index in [1.807, 2.05) is 19.1 Å². The van der Waals surface area contributed by atoms with Gasteiger partial charge in [-0.1, -0.05) is 19.1 Å². The van der Waals surface area contributed by atoms with Crippen molar-refractivity contribution in [3.63, 3.8) is 0 Å². The third-order valence-electron chi connectivity index (χ3n) is 4.20. The molecule has 0 aliphatic carbocycles. The van der Waals surface area contributed by atoms with Crippen LogP contribution in [-0.4, -0.2) is 42.5 Å². The van der Waals surface area contributed by atoms with Crippen LogP contribution >= 0.6 is 0 Å². The van der Waals surface area contributed by atoms with Gasteiger partial charge < -0.3 is 15.0 Å². The van der Waals surface area contributed by atoms with Crippen LogP contribution in [0.15, 0.2) is 18.2 Å². The van der Waals surface area contributed by atoms with Gasteiger partial charge in [-0.05, 0) is 30.0 Å². The average molecular weight is 288 g/mol. The van der Waals surface area contributed by atoms with Crippen LogP contribution in [0, 0.1) is 0 Å². The summed E-state index contributed by atoms with van der Waals surface area (Å²) in [5.41, 5.74) is 2.43. The molecule has 0 saturated carbocycles. The third-order valence-corrected chi connectivity index (χ3v) is 4.20. The number of carbonyl (C=O) groups is 2. The molecule has 1 unspecified atom stereocenters. The second-order valence-corrected chi connectivity index (χ2v) is 5.52. The van der Waals surface area contributed by atoms with Crippen molar-refractivity contribution < 1.29 is 14.3 Å². The topological polar surface area (TPSA) is 58.6 Å². The molecule has 2 heterocycles. The average Bonchev–Trinajstić information content (AvgIpc) is 2.95. The van der Waals surface area contributed by atoms with E-state index in [1.54, 1.807) is 4.90 Å². The van der Waals surface area contributed by atoms with Crippen LogP contribution in [0.4, 0.5) is 0 Å². The largest absolute Gasteiger partial charge is 0.493 e.